The van der Waals surface area contributed by atoms with E-state index in [-0.39, 0.29) is 41.8 Å². The molecular weight excluding hydrogens is 500 g/mol. The molecule has 0 unspecified atom stereocenters. The van der Waals surface area contributed by atoms with Gasteiger partial charge in [-0.2, -0.15) is 4.31 Å². The number of aromatic nitrogens is 1. The van der Waals surface area contributed by atoms with Crippen LogP contribution in [0.25, 0.3) is 10.9 Å². The van der Waals surface area contributed by atoms with Gasteiger partial charge in [0.15, 0.2) is 11.5 Å². The number of ether oxygens (including phenoxy) is 4. The minimum Gasteiger partial charge on any atom is -0.493 e. The standard InChI is InChI=1S/C26H30N2O8S/c1-4-35-26(30)17-7-9-21(10-8-17)37(31,32)28(16-20-6-5-11-36-20)15-19-12-18-13-23(33-2)24(34-3)14-22(18)27-25(19)29/h7-10,12-14,20H,4-6,11,15-16H2,1-3H3,(H,27,29)/t20-/m0/s1. The molecule has 198 valence electrons. The number of pyridine rings is 1. The van der Waals surface area contributed by atoms with Crippen molar-refractivity contribution in [3.63, 3.8) is 0 Å². The molecule has 10 nitrogen and oxygen atoms in total. The Labute approximate surface area is 215 Å². The van der Waals surface area contributed by atoms with Gasteiger partial charge in [0, 0.05) is 36.7 Å². The second-order valence-electron chi connectivity index (χ2n) is 8.60. The molecule has 2 heterocycles. The number of benzene rings is 2. The number of methoxy groups -OCH3 is 2. The number of hydrogen-bond donors (Lipinski definition) is 1. The maximum Gasteiger partial charge on any atom is 0.338 e. The maximum atomic E-state index is 13.7. The fourth-order valence-electron chi connectivity index (χ4n) is 4.28. The van der Waals surface area contributed by atoms with E-state index in [2.05, 4.69) is 4.98 Å². The molecule has 4 rings (SSSR count). The average Bonchev–Trinajstić information content (AvgIpc) is 3.41. The molecule has 3 aromatic rings. The van der Waals surface area contributed by atoms with Crippen molar-refractivity contribution < 1.29 is 32.2 Å². The summed E-state index contributed by atoms with van der Waals surface area (Å²) in [7, 11) is -1.01. The van der Waals surface area contributed by atoms with Crippen LogP contribution in [-0.4, -0.2) is 63.8 Å². The van der Waals surface area contributed by atoms with Crippen molar-refractivity contribution in [3.05, 3.63) is 63.9 Å². The van der Waals surface area contributed by atoms with Crippen LogP contribution in [0.5, 0.6) is 11.5 Å². The highest BCUT2D eigenvalue weighted by Gasteiger charge is 2.30. The molecule has 1 aromatic heterocycles. The predicted octanol–water partition coefficient (Wildman–Crippen LogP) is 3.09. The van der Waals surface area contributed by atoms with E-state index in [1.54, 1.807) is 25.1 Å². The summed E-state index contributed by atoms with van der Waals surface area (Å²) in [5.74, 6) is 0.420. The molecule has 2 aromatic carbocycles. The Morgan fingerprint density at radius 1 is 1.11 bits per heavy atom. The summed E-state index contributed by atoms with van der Waals surface area (Å²) in [6.07, 6.45) is 1.28. The Bertz CT molecular complexity index is 1430. The Morgan fingerprint density at radius 2 is 1.81 bits per heavy atom. The summed E-state index contributed by atoms with van der Waals surface area (Å²) >= 11 is 0. The van der Waals surface area contributed by atoms with Crippen LogP contribution in [-0.2, 0) is 26.0 Å². The number of aromatic amines is 1. The number of fused-ring (bicyclic) bond motifs is 1. The summed E-state index contributed by atoms with van der Waals surface area (Å²) < 4.78 is 50.0. The molecular formula is C26H30N2O8S. The molecule has 1 N–H and O–H groups in total. The first kappa shape index (κ1) is 26.6. The van der Waals surface area contributed by atoms with E-state index in [1.807, 2.05) is 0 Å². The van der Waals surface area contributed by atoms with Crippen LogP contribution in [0.15, 0.2) is 52.2 Å². The molecule has 11 heteroatoms. The summed E-state index contributed by atoms with van der Waals surface area (Å²) in [5, 5.41) is 0.667. The van der Waals surface area contributed by atoms with E-state index < -0.39 is 21.6 Å². The van der Waals surface area contributed by atoms with Crippen molar-refractivity contribution in [1.82, 2.24) is 9.29 Å². The molecule has 0 amide bonds. The molecule has 37 heavy (non-hydrogen) atoms. The molecule has 1 atom stereocenters. The maximum absolute atomic E-state index is 13.7. The van der Waals surface area contributed by atoms with Crippen molar-refractivity contribution in [3.8, 4) is 11.5 Å². The molecule has 1 aliphatic heterocycles. The number of H-pyrrole nitrogens is 1. The highest BCUT2D eigenvalue weighted by molar-refractivity contribution is 7.89. The summed E-state index contributed by atoms with van der Waals surface area (Å²) in [4.78, 5) is 27.8. The van der Waals surface area contributed by atoms with Crippen LogP contribution in [0.4, 0.5) is 0 Å². The lowest BCUT2D eigenvalue weighted by atomic mass is 10.1. The fraction of sp³-hybridized carbons (Fsp3) is 0.385. The second-order valence-corrected chi connectivity index (χ2v) is 10.5. The van der Waals surface area contributed by atoms with Crippen LogP contribution in [0.1, 0.15) is 35.7 Å². The highest BCUT2D eigenvalue weighted by Crippen LogP contribution is 2.31. The molecule has 0 radical (unpaired) electrons. The third kappa shape index (κ3) is 5.79. The van der Waals surface area contributed by atoms with Gasteiger partial charge in [0.2, 0.25) is 10.0 Å². The third-order valence-corrected chi connectivity index (χ3v) is 8.03. The Kier molecular flexibility index (Phi) is 8.16. The van der Waals surface area contributed by atoms with Gasteiger partial charge in [0.1, 0.15) is 0 Å². The van der Waals surface area contributed by atoms with Gasteiger partial charge in [0.05, 0.1) is 42.9 Å². The number of esters is 1. The molecule has 0 spiro atoms. The molecule has 1 aliphatic rings. The lowest BCUT2D eigenvalue weighted by Crippen LogP contribution is -2.38. The Morgan fingerprint density at radius 3 is 2.43 bits per heavy atom. The number of nitrogens with one attached hydrogen (secondary N) is 1. The number of carbonyl (C=O) groups is 1. The monoisotopic (exact) mass is 530 g/mol. The fourth-order valence-corrected chi connectivity index (χ4v) is 5.72. The highest BCUT2D eigenvalue weighted by atomic mass is 32.2. The largest absolute Gasteiger partial charge is 0.493 e. The molecule has 0 aliphatic carbocycles. The molecule has 0 saturated carbocycles. The molecule has 1 saturated heterocycles. The van der Waals surface area contributed by atoms with Crippen molar-refractivity contribution in [2.75, 3.05) is 34.0 Å². The van der Waals surface area contributed by atoms with Gasteiger partial charge in [-0.1, -0.05) is 0 Å². The van der Waals surface area contributed by atoms with Crippen molar-refractivity contribution in [2.45, 2.75) is 37.3 Å². The van der Waals surface area contributed by atoms with E-state index in [4.69, 9.17) is 18.9 Å². The number of hydrogen-bond acceptors (Lipinski definition) is 8. The van der Waals surface area contributed by atoms with E-state index in [1.165, 1.54) is 42.8 Å². The number of carbonyl (C=O) groups excluding carboxylic acids is 1. The van der Waals surface area contributed by atoms with Gasteiger partial charge in [-0.3, -0.25) is 4.79 Å². The number of nitrogens with zero attached hydrogens (tertiary/aromatic N) is 1. The Hall–Kier alpha value is -3.41. The smallest absolute Gasteiger partial charge is 0.338 e. The normalized spacial score (nSPS) is 15.7. The van der Waals surface area contributed by atoms with Crippen LogP contribution in [0, 0.1) is 0 Å². The van der Waals surface area contributed by atoms with Gasteiger partial charge in [0.25, 0.3) is 5.56 Å². The number of rotatable bonds is 10. The Balaban J connectivity index is 1.70. The summed E-state index contributed by atoms with van der Waals surface area (Å²) in [6, 6.07) is 10.6. The lowest BCUT2D eigenvalue weighted by Gasteiger charge is -2.25. The number of sulfonamides is 1. The van der Waals surface area contributed by atoms with Gasteiger partial charge in [-0.15, -0.1) is 0 Å². The van der Waals surface area contributed by atoms with Gasteiger partial charge in [-0.25, -0.2) is 13.2 Å². The quantitative estimate of drug-likeness (QED) is 0.397. The third-order valence-electron chi connectivity index (χ3n) is 6.21. The SMILES string of the molecule is CCOC(=O)c1ccc(S(=O)(=O)N(Cc2cc3cc(OC)c(OC)cc3[nH]c2=O)C[C@@H]2CCCO2)cc1. The van der Waals surface area contributed by atoms with Crippen molar-refractivity contribution >= 4 is 26.9 Å². The second kappa shape index (κ2) is 11.3. The van der Waals surface area contributed by atoms with Crippen LogP contribution < -0.4 is 15.0 Å². The van der Waals surface area contributed by atoms with E-state index >= 15 is 0 Å². The first-order chi connectivity index (χ1) is 17.8. The van der Waals surface area contributed by atoms with E-state index in [9.17, 15) is 18.0 Å². The van der Waals surface area contributed by atoms with E-state index in [0.717, 1.165) is 12.8 Å². The van der Waals surface area contributed by atoms with Gasteiger partial charge >= 0.3 is 5.97 Å². The van der Waals surface area contributed by atoms with Crippen LogP contribution >= 0.6 is 0 Å². The van der Waals surface area contributed by atoms with Gasteiger partial charge < -0.3 is 23.9 Å². The first-order valence-electron chi connectivity index (χ1n) is 11.9. The average molecular weight is 531 g/mol. The molecule has 1 fully saturated rings. The first-order valence-corrected chi connectivity index (χ1v) is 13.4. The zero-order valence-electron chi connectivity index (χ0n) is 21.0. The van der Waals surface area contributed by atoms with Gasteiger partial charge in [-0.05, 0) is 56.2 Å². The zero-order valence-corrected chi connectivity index (χ0v) is 21.8. The van der Waals surface area contributed by atoms with E-state index in [0.29, 0.717) is 29.0 Å². The minimum atomic E-state index is -4.03. The summed E-state index contributed by atoms with van der Waals surface area (Å²) in [6.45, 7) is 2.39. The molecule has 0 bridgehead atoms. The van der Waals surface area contributed by atoms with Crippen LogP contribution in [0.2, 0.25) is 0 Å². The topological polar surface area (TPSA) is 124 Å². The van der Waals surface area contributed by atoms with Crippen molar-refractivity contribution in [2.24, 2.45) is 0 Å². The predicted molar refractivity (Wildman–Crippen MR) is 137 cm³/mol. The minimum absolute atomic E-state index is 0.00201. The zero-order chi connectivity index (χ0) is 26.6. The van der Waals surface area contributed by atoms with Crippen LogP contribution in [0.3, 0.4) is 0 Å². The van der Waals surface area contributed by atoms with Crippen molar-refractivity contribution in [1.29, 1.82) is 0 Å². The summed E-state index contributed by atoms with van der Waals surface area (Å²) in [5.41, 5.74) is 0.644. The lowest BCUT2D eigenvalue weighted by molar-refractivity contribution is 0.0526.